The molecule has 1 fully saturated rings. The summed E-state index contributed by atoms with van der Waals surface area (Å²) in [5.74, 6) is 0.445. The van der Waals surface area contributed by atoms with Crippen LogP contribution >= 0.6 is 0 Å². The number of ether oxygens (including phenoxy) is 1. The summed E-state index contributed by atoms with van der Waals surface area (Å²) in [6, 6.07) is 7.19. The van der Waals surface area contributed by atoms with E-state index in [1.807, 2.05) is 12.1 Å². The highest BCUT2D eigenvalue weighted by atomic mass is 16.6. The molecule has 0 bridgehead atoms. The summed E-state index contributed by atoms with van der Waals surface area (Å²) < 4.78 is 9.77. The lowest BCUT2D eigenvalue weighted by Gasteiger charge is -2.04. The Morgan fingerprint density at radius 3 is 2.50 bits per heavy atom. The number of rotatable bonds is 4. The summed E-state index contributed by atoms with van der Waals surface area (Å²) >= 11 is 0. The van der Waals surface area contributed by atoms with Crippen molar-refractivity contribution in [3.63, 3.8) is 0 Å². The molecule has 14 heavy (non-hydrogen) atoms. The summed E-state index contributed by atoms with van der Waals surface area (Å²) in [6.45, 7) is 0.841. The number of hydrogen-bond acceptors (Lipinski definition) is 4. The Labute approximate surface area is 82.3 Å². The quantitative estimate of drug-likeness (QED) is 0.522. The Hall–Kier alpha value is -1.04. The van der Waals surface area contributed by atoms with Crippen LogP contribution in [-0.2, 0) is 11.2 Å². The van der Waals surface area contributed by atoms with Crippen molar-refractivity contribution in [3.8, 4) is 5.75 Å². The third kappa shape index (κ3) is 2.73. The molecule has 2 N–H and O–H groups in total. The zero-order valence-electron chi connectivity index (χ0n) is 7.59. The first kappa shape index (κ1) is 9.52. The van der Waals surface area contributed by atoms with E-state index in [0.29, 0.717) is 11.9 Å². The van der Waals surface area contributed by atoms with E-state index in [1.54, 1.807) is 12.1 Å². The molecule has 1 aliphatic heterocycles. The van der Waals surface area contributed by atoms with Crippen LogP contribution in [0.1, 0.15) is 5.56 Å². The van der Waals surface area contributed by atoms with Crippen molar-refractivity contribution < 1.29 is 19.4 Å². The Balaban J connectivity index is 1.94. The maximum absolute atomic E-state index is 8.54. The maximum Gasteiger partial charge on any atom is 0.707 e. The molecule has 1 aliphatic rings. The second-order valence-corrected chi connectivity index (χ2v) is 3.25. The molecule has 0 aromatic heterocycles. The van der Waals surface area contributed by atoms with Gasteiger partial charge in [0, 0.05) is 6.42 Å². The number of epoxide rings is 1. The van der Waals surface area contributed by atoms with Crippen LogP contribution in [0.25, 0.3) is 0 Å². The molecule has 1 heterocycles. The summed E-state index contributed by atoms with van der Waals surface area (Å²) in [7, 11) is -1.76. The standard InChI is InChI=1S/C9H11BO4/c11-10(12)14-8-3-1-7(2-4-8)5-9-6-13-9/h1-4,9,11-12H,5-6H2. The molecule has 4 nitrogen and oxygen atoms in total. The normalized spacial score (nSPS) is 19.1. The molecule has 0 spiro atoms. The van der Waals surface area contributed by atoms with Gasteiger partial charge in [0.15, 0.2) is 0 Å². The Morgan fingerprint density at radius 1 is 1.36 bits per heavy atom. The molecule has 0 amide bonds. The van der Waals surface area contributed by atoms with Crippen molar-refractivity contribution in [2.75, 3.05) is 6.61 Å². The highest BCUT2D eigenvalue weighted by molar-refractivity contribution is 6.33. The highest BCUT2D eigenvalue weighted by Crippen LogP contribution is 2.18. The minimum absolute atomic E-state index is 0.366. The van der Waals surface area contributed by atoms with Gasteiger partial charge in [-0.2, -0.15) is 0 Å². The van der Waals surface area contributed by atoms with E-state index in [-0.39, 0.29) is 0 Å². The van der Waals surface area contributed by atoms with Crippen LogP contribution in [0.2, 0.25) is 0 Å². The van der Waals surface area contributed by atoms with Crippen molar-refractivity contribution in [2.45, 2.75) is 12.5 Å². The minimum Gasteiger partial charge on any atom is -0.512 e. The highest BCUT2D eigenvalue weighted by Gasteiger charge is 2.22. The van der Waals surface area contributed by atoms with E-state index in [1.165, 1.54) is 0 Å². The fourth-order valence-electron chi connectivity index (χ4n) is 1.27. The smallest absolute Gasteiger partial charge is 0.512 e. The van der Waals surface area contributed by atoms with Gasteiger partial charge in [0.1, 0.15) is 5.75 Å². The fraction of sp³-hybridized carbons (Fsp3) is 0.333. The Morgan fingerprint density at radius 2 is 2.00 bits per heavy atom. The van der Waals surface area contributed by atoms with Gasteiger partial charge < -0.3 is 19.4 Å². The molecule has 0 saturated carbocycles. The van der Waals surface area contributed by atoms with Gasteiger partial charge in [0.2, 0.25) is 0 Å². The monoisotopic (exact) mass is 194 g/mol. The van der Waals surface area contributed by atoms with Crippen LogP contribution in [-0.4, -0.2) is 30.1 Å². The summed E-state index contributed by atoms with van der Waals surface area (Å²) in [5.41, 5.74) is 1.16. The van der Waals surface area contributed by atoms with E-state index in [4.69, 9.17) is 14.8 Å². The Kier molecular flexibility index (Phi) is 2.72. The molecule has 0 radical (unpaired) electrons. The van der Waals surface area contributed by atoms with Crippen LogP contribution in [0, 0.1) is 0 Å². The predicted molar refractivity (Wildman–Crippen MR) is 50.7 cm³/mol. The van der Waals surface area contributed by atoms with Gasteiger partial charge >= 0.3 is 7.32 Å². The van der Waals surface area contributed by atoms with Crippen molar-refractivity contribution in [1.29, 1.82) is 0 Å². The molecule has 5 heteroatoms. The van der Waals surface area contributed by atoms with E-state index in [0.717, 1.165) is 18.6 Å². The van der Waals surface area contributed by atoms with Crippen LogP contribution in [0.5, 0.6) is 5.75 Å². The van der Waals surface area contributed by atoms with Gasteiger partial charge in [-0.1, -0.05) is 12.1 Å². The van der Waals surface area contributed by atoms with Gasteiger partial charge in [-0.05, 0) is 17.7 Å². The fourth-order valence-corrected chi connectivity index (χ4v) is 1.27. The average molecular weight is 194 g/mol. The topological polar surface area (TPSA) is 62.2 Å². The van der Waals surface area contributed by atoms with Crippen molar-refractivity contribution in [1.82, 2.24) is 0 Å². The molecule has 2 rings (SSSR count). The Bertz CT molecular complexity index is 271. The molecule has 1 atom stereocenters. The molecular formula is C9H11BO4. The third-order valence-corrected chi connectivity index (χ3v) is 2.03. The minimum atomic E-state index is -1.76. The molecular weight excluding hydrogens is 183 g/mol. The van der Waals surface area contributed by atoms with Crippen molar-refractivity contribution in [2.24, 2.45) is 0 Å². The predicted octanol–water partition coefficient (Wildman–Crippen LogP) is -0.0238. The van der Waals surface area contributed by atoms with Crippen LogP contribution in [0.4, 0.5) is 0 Å². The van der Waals surface area contributed by atoms with Crippen LogP contribution < -0.4 is 4.65 Å². The van der Waals surface area contributed by atoms with Gasteiger partial charge in [-0.15, -0.1) is 0 Å². The molecule has 1 saturated heterocycles. The van der Waals surface area contributed by atoms with E-state index >= 15 is 0 Å². The number of hydrogen-bond donors (Lipinski definition) is 2. The summed E-state index contributed by atoms with van der Waals surface area (Å²) in [6.07, 6.45) is 1.27. The first-order valence-electron chi connectivity index (χ1n) is 4.47. The van der Waals surface area contributed by atoms with E-state index < -0.39 is 7.32 Å². The van der Waals surface area contributed by atoms with Gasteiger partial charge in [0.25, 0.3) is 0 Å². The SMILES string of the molecule is OB(O)Oc1ccc(CC2CO2)cc1. The molecule has 1 unspecified atom stereocenters. The zero-order valence-corrected chi connectivity index (χ0v) is 7.59. The molecule has 0 aliphatic carbocycles. The molecule has 1 aromatic carbocycles. The first-order valence-corrected chi connectivity index (χ1v) is 4.47. The van der Waals surface area contributed by atoms with Crippen molar-refractivity contribution >= 4 is 7.32 Å². The lowest BCUT2D eigenvalue weighted by Crippen LogP contribution is -2.20. The van der Waals surface area contributed by atoms with E-state index in [2.05, 4.69) is 4.65 Å². The second kappa shape index (κ2) is 4.00. The molecule has 74 valence electrons. The lowest BCUT2D eigenvalue weighted by atomic mass is 10.1. The van der Waals surface area contributed by atoms with Gasteiger partial charge in [-0.25, -0.2) is 0 Å². The largest absolute Gasteiger partial charge is 0.707 e. The van der Waals surface area contributed by atoms with Crippen LogP contribution in [0.15, 0.2) is 24.3 Å². The van der Waals surface area contributed by atoms with Gasteiger partial charge in [-0.3, -0.25) is 0 Å². The first-order chi connectivity index (χ1) is 6.74. The maximum atomic E-state index is 8.54. The van der Waals surface area contributed by atoms with Crippen LogP contribution in [0.3, 0.4) is 0 Å². The average Bonchev–Trinajstić information content (AvgIpc) is 2.91. The van der Waals surface area contributed by atoms with Gasteiger partial charge in [0.05, 0.1) is 12.7 Å². The van der Waals surface area contributed by atoms with Crippen molar-refractivity contribution in [3.05, 3.63) is 29.8 Å². The zero-order chi connectivity index (χ0) is 9.97. The second-order valence-electron chi connectivity index (χ2n) is 3.25. The third-order valence-electron chi connectivity index (χ3n) is 2.03. The number of benzene rings is 1. The lowest BCUT2D eigenvalue weighted by molar-refractivity contribution is 0.288. The van der Waals surface area contributed by atoms with E-state index in [9.17, 15) is 0 Å². The summed E-state index contributed by atoms with van der Waals surface area (Å²) in [4.78, 5) is 0. The summed E-state index contributed by atoms with van der Waals surface area (Å²) in [5, 5.41) is 17.1. The molecule has 1 aromatic rings.